The lowest BCUT2D eigenvalue weighted by molar-refractivity contribution is -0.114. The first-order valence-electron chi connectivity index (χ1n) is 14.1. The van der Waals surface area contributed by atoms with Crippen LogP contribution in [0.4, 0.5) is 14.5 Å². The number of alkyl halides is 2. The molecule has 1 N–H and O–H groups in total. The Morgan fingerprint density at radius 3 is 2.17 bits per heavy atom. The molecule has 15 heteroatoms. The molecular weight excluding hydrogens is 707 g/mol. The lowest BCUT2D eigenvalue weighted by atomic mass is 10.1. The van der Waals surface area contributed by atoms with Crippen LogP contribution in [0.5, 0.6) is 0 Å². The molecule has 0 aliphatic rings. The standard InChI is InChI=1S/C31H33BrF2N3O7PS/c1-5-43-45(40,44-6-2)31(33,34)27-15-10-23(17-28(27)32)19-37-29(24-11-13-26(14-12-24)46(4,41)42)20-36(30(37)39)18-22-8-7-9-25(16-22)35-21(3)38/h7-17,20H,5-6,18-19H2,1-4H3,(H,35,38). The number of carbonyl (C=O) groups excluding carboxylic acids is 1. The molecule has 4 aromatic rings. The number of sulfone groups is 1. The lowest BCUT2D eigenvalue weighted by Crippen LogP contribution is -2.25. The highest BCUT2D eigenvalue weighted by atomic mass is 79.9. The number of nitrogens with one attached hydrogen (secondary N) is 1. The van der Waals surface area contributed by atoms with Crippen LogP contribution in [0.25, 0.3) is 11.3 Å². The highest BCUT2D eigenvalue weighted by molar-refractivity contribution is 9.10. The molecular formula is C31H33BrF2N3O7PS. The SMILES string of the molecule is CCOP(=O)(OCC)C(F)(F)c1ccc(Cn2c(-c3ccc(S(C)(=O)=O)cc3)cn(Cc3cccc(NC(C)=O)c3)c2=O)cc1Br. The number of carbonyl (C=O) groups is 1. The van der Waals surface area contributed by atoms with E-state index in [1.54, 1.807) is 42.6 Å². The maximum absolute atomic E-state index is 15.5. The Hall–Kier alpha value is -3.42. The minimum atomic E-state index is -4.85. The third-order valence-corrected chi connectivity index (χ3v) is 10.8. The van der Waals surface area contributed by atoms with Gasteiger partial charge in [-0.15, -0.1) is 0 Å². The van der Waals surface area contributed by atoms with E-state index in [9.17, 15) is 22.6 Å². The molecule has 0 saturated heterocycles. The van der Waals surface area contributed by atoms with E-state index in [1.807, 2.05) is 0 Å². The molecule has 4 rings (SSSR count). The van der Waals surface area contributed by atoms with Crippen molar-refractivity contribution in [3.05, 3.63) is 105 Å². The molecule has 46 heavy (non-hydrogen) atoms. The summed E-state index contributed by atoms with van der Waals surface area (Å²) in [6.07, 6.45) is 2.72. The van der Waals surface area contributed by atoms with Crippen LogP contribution in [0.15, 0.2) is 87.1 Å². The van der Waals surface area contributed by atoms with Gasteiger partial charge in [0.05, 0.1) is 36.9 Å². The number of rotatable bonds is 13. The van der Waals surface area contributed by atoms with Gasteiger partial charge in [-0.25, -0.2) is 13.2 Å². The van der Waals surface area contributed by atoms with Crippen molar-refractivity contribution in [1.29, 1.82) is 0 Å². The zero-order chi connectivity index (χ0) is 33.9. The van der Waals surface area contributed by atoms with E-state index in [0.29, 0.717) is 22.5 Å². The van der Waals surface area contributed by atoms with Crippen molar-refractivity contribution in [2.45, 2.75) is 44.4 Å². The monoisotopic (exact) mass is 739 g/mol. The van der Waals surface area contributed by atoms with Crippen LogP contribution in [-0.4, -0.2) is 42.9 Å². The maximum Gasteiger partial charge on any atom is 0.404 e. The third kappa shape index (κ3) is 7.75. The molecule has 246 valence electrons. The highest BCUT2D eigenvalue weighted by Gasteiger charge is 2.55. The number of aromatic nitrogens is 2. The molecule has 0 aliphatic heterocycles. The van der Waals surface area contributed by atoms with Crippen LogP contribution in [0, 0.1) is 0 Å². The quantitative estimate of drug-likeness (QED) is 0.149. The minimum Gasteiger partial charge on any atom is -0.326 e. The van der Waals surface area contributed by atoms with E-state index in [1.165, 1.54) is 54.2 Å². The summed E-state index contributed by atoms with van der Waals surface area (Å²) in [5.74, 6) is -0.242. The van der Waals surface area contributed by atoms with Gasteiger partial charge in [0.2, 0.25) is 5.91 Å². The van der Waals surface area contributed by atoms with Crippen molar-refractivity contribution in [2.75, 3.05) is 24.8 Å². The molecule has 1 heterocycles. The van der Waals surface area contributed by atoms with Gasteiger partial charge in [0.15, 0.2) is 9.84 Å². The van der Waals surface area contributed by atoms with Crippen LogP contribution in [0.2, 0.25) is 0 Å². The first-order valence-corrected chi connectivity index (χ1v) is 18.3. The van der Waals surface area contributed by atoms with Crippen molar-refractivity contribution in [3.8, 4) is 11.3 Å². The van der Waals surface area contributed by atoms with Crippen molar-refractivity contribution >= 4 is 45.0 Å². The van der Waals surface area contributed by atoms with Gasteiger partial charge in [0.25, 0.3) is 0 Å². The maximum atomic E-state index is 15.5. The molecule has 0 spiro atoms. The Kier molecular flexibility index (Phi) is 10.9. The fourth-order valence-electron chi connectivity index (χ4n) is 4.82. The average molecular weight is 741 g/mol. The second kappa shape index (κ2) is 14.1. The molecule has 10 nitrogen and oxygen atoms in total. The third-order valence-electron chi connectivity index (χ3n) is 6.86. The Labute approximate surface area is 273 Å². The van der Waals surface area contributed by atoms with Gasteiger partial charge < -0.3 is 14.4 Å². The predicted octanol–water partition coefficient (Wildman–Crippen LogP) is 6.85. The average Bonchev–Trinajstić information content (AvgIpc) is 3.26. The Morgan fingerprint density at radius 2 is 1.61 bits per heavy atom. The Balaban J connectivity index is 1.77. The normalized spacial score (nSPS) is 12.3. The first-order chi connectivity index (χ1) is 21.6. The number of benzene rings is 3. The predicted molar refractivity (Wildman–Crippen MR) is 175 cm³/mol. The second-order valence-electron chi connectivity index (χ2n) is 10.4. The number of amides is 1. The zero-order valence-corrected chi connectivity index (χ0v) is 28.8. The van der Waals surface area contributed by atoms with Gasteiger partial charge in [0.1, 0.15) is 0 Å². The van der Waals surface area contributed by atoms with E-state index >= 15 is 8.78 Å². The fourth-order valence-corrected chi connectivity index (χ4v) is 7.85. The molecule has 1 amide bonds. The van der Waals surface area contributed by atoms with E-state index in [0.717, 1.165) is 17.9 Å². The topological polar surface area (TPSA) is 126 Å². The number of halogens is 3. The number of hydrogen-bond donors (Lipinski definition) is 1. The number of anilines is 1. The van der Waals surface area contributed by atoms with E-state index in [4.69, 9.17) is 9.05 Å². The molecule has 3 aromatic carbocycles. The molecule has 0 radical (unpaired) electrons. The summed E-state index contributed by atoms with van der Waals surface area (Å²) in [5, 5.41) is 2.71. The van der Waals surface area contributed by atoms with Crippen molar-refractivity contribution in [2.24, 2.45) is 0 Å². The minimum absolute atomic E-state index is 0.0417. The van der Waals surface area contributed by atoms with Gasteiger partial charge in [-0.1, -0.05) is 52.3 Å². The van der Waals surface area contributed by atoms with E-state index < -0.39 is 34.3 Å². The smallest absolute Gasteiger partial charge is 0.326 e. The van der Waals surface area contributed by atoms with Gasteiger partial charge >= 0.3 is 18.9 Å². The van der Waals surface area contributed by atoms with Crippen molar-refractivity contribution in [3.63, 3.8) is 0 Å². The van der Waals surface area contributed by atoms with Gasteiger partial charge in [-0.05, 0) is 60.9 Å². The molecule has 0 atom stereocenters. The molecule has 1 aromatic heterocycles. The number of nitrogens with zero attached hydrogens (tertiary/aromatic N) is 2. The molecule has 0 unspecified atom stereocenters. The summed E-state index contributed by atoms with van der Waals surface area (Å²) in [6, 6.07) is 17.0. The number of hydrogen-bond acceptors (Lipinski definition) is 7. The van der Waals surface area contributed by atoms with Crippen molar-refractivity contribution < 1.29 is 35.6 Å². The van der Waals surface area contributed by atoms with Gasteiger partial charge in [-0.3, -0.25) is 18.5 Å². The fraction of sp³-hybridized carbons (Fsp3) is 0.290. The summed E-state index contributed by atoms with van der Waals surface area (Å²) in [4.78, 5) is 25.4. The zero-order valence-electron chi connectivity index (χ0n) is 25.5. The summed E-state index contributed by atoms with van der Waals surface area (Å²) in [5.41, 5.74) is -2.22. The van der Waals surface area contributed by atoms with Gasteiger partial charge in [0, 0.05) is 35.1 Å². The van der Waals surface area contributed by atoms with Gasteiger partial charge in [-0.2, -0.15) is 8.78 Å². The first kappa shape index (κ1) is 35.4. The summed E-state index contributed by atoms with van der Waals surface area (Å²) < 4.78 is 80.7. The number of imidazole rings is 1. The summed E-state index contributed by atoms with van der Waals surface area (Å²) in [7, 11) is -8.32. The lowest BCUT2D eigenvalue weighted by Gasteiger charge is -2.26. The largest absolute Gasteiger partial charge is 0.404 e. The second-order valence-corrected chi connectivity index (χ2v) is 15.3. The summed E-state index contributed by atoms with van der Waals surface area (Å²) >= 11 is 3.18. The van der Waals surface area contributed by atoms with Crippen LogP contribution in [-0.2, 0) is 47.0 Å². The van der Waals surface area contributed by atoms with E-state index in [2.05, 4.69) is 21.2 Å². The van der Waals surface area contributed by atoms with Crippen molar-refractivity contribution in [1.82, 2.24) is 9.13 Å². The summed E-state index contributed by atoms with van der Waals surface area (Å²) in [6.45, 7) is 3.89. The van der Waals surface area contributed by atoms with Crippen LogP contribution < -0.4 is 11.0 Å². The van der Waals surface area contributed by atoms with Crippen LogP contribution in [0.1, 0.15) is 37.5 Å². The van der Waals surface area contributed by atoms with Crippen LogP contribution >= 0.6 is 23.5 Å². The molecule has 0 saturated carbocycles. The molecule has 0 aliphatic carbocycles. The van der Waals surface area contributed by atoms with E-state index in [-0.39, 0.29) is 41.6 Å². The highest BCUT2D eigenvalue weighted by Crippen LogP contribution is 2.67. The Bertz CT molecular complexity index is 1950. The Morgan fingerprint density at radius 1 is 0.978 bits per heavy atom. The molecule has 0 bridgehead atoms. The van der Waals surface area contributed by atoms with Crippen LogP contribution in [0.3, 0.4) is 0 Å². The molecule has 0 fully saturated rings.